The van der Waals surface area contributed by atoms with Crippen molar-refractivity contribution in [3.63, 3.8) is 0 Å². The molecule has 0 fully saturated rings. The first-order valence-corrected chi connectivity index (χ1v) is 5.77. The molecule has 3 nitrogen and oxygen atoms in total. The minimum atomic E-state index is 0.0804. The molecule has 0 saturated heterocycles. The van der Waals surface area contributed by atoms with Crippen molar-refractivity contribution in [1.29, 1.82) is 0 Å². The summed E-state index contributed by atoms with van der Waals surface area (Å²) in [5.41, 5.74) is 0.920. The van der Waals surface area contributed by atoms with Crippen LogP contribution in [-0.4, -0.2) is 11.0 Å². The first-order valence-electron chi connectivity index (χ1n) is 5.77. The van der Waals surface area contributed by atoms with Crippen LogP contribution in [0.25, 0.3) is 0 Å². The van der Waals surface area contributed by atoms with Crippen LogP contribution in [-0.2, 0) is 11.3 Å². The zero-order chi connectivity index (χ0) is 11.8. The number of hydrogen-bond acceptors (Lipinski definition) is 2. The molecule has 1 amide bonds. The number of carbonyl (C=O) groups excluding carboxylic acids is 1. The third kappa shape index (κ3) is 4.82. The molecule has 0 spiro atoms. The van der Waals surface area contributed by atoms with Crippen LogP contribution in [0.1, 0.15) is 38.2 Å². The predicted octanol–water partition coefficient (Wildman–Crippen LogP) is 2.59. The zero-order valence-electron chi connectivity index (χ0n) is 9.70. The number of carbonyl (C=O) groups is 1. The first-order chi connectivity index (χ1) is 7.72. The molecule has 2 N–H and O–H groups in total. The summed E-state index contributed by atoms with van der Waals surface area (Å²) in [5, 5.41) is 12.1. The van der Waals surface area contributed by atoms with Gasteiger partial charge in [-0.1, -0.05) is 31.9 Å². The van der Waals surface area contributed by atoms with Crippen LogP contribution in [0.4, 0.5) is 0 Å². The number of phenolic OH excluding ortho intramolecular Hbond substituents is 1. The fraction of sp³-hybridized carbons (Fsp3) is 0.462. The molecule has 0 bridgehead atoms. The minimum absolute atomic E-state index is 0.0804. The van der Waals surface area contributed by atoms with Gasteiger partial charge in [0.25, 0.3) is 0 Å². The number of nitrogens with one attached hydrogen (secondary N) is 1. The molecule has 0 aliphatic rings. The Balaban J connectivity index is 2.26. The summed E-state index contributed by atoms with van der Waals surface area (Å²) in [6.07, 6.45) is 3.76. The maximum absolute atomic E-state index is 11.4. The van der Waals surface area contributed by atoms with Crippen molar-refractivity contribution in [3.05, 3.63) is 29.8 Å². The van der Waals surface area contributed by atoms with Gasteiger partial charge in [-0.2, -0.15) is 0 Å². The lowest BCUT2D eigenvalue weighted by Gasteiger charge is -2.05. The van der Waals surface area contributed by atoms with Gasteiger partial charge in [0.2, 0.25) is 5.91 Å². The van der Waals surface area contributed by atoms with E-state index in [1.165, 1.54) is 0 Å². The van der Waals surface area contributed by atoms with Crippen molar-refractivity contribution in [1.82, 2.24) is 5.32 Å². The zero-order valence-corrected chi connectivity index (χ0v) is 9.70. The molecule has 0 heterocycles. The Labute approximate surface area is 96.5 Å². The second kappa shape index (κ2) is 6.88. The lowest BCUT2D eigenvalue weighted by molar-refractivity contribution is -0.121. The van der Waals surface area contributed by atoms with Gasteiger partial charge in [-0.25, -0.2) is 0 Å². The lowest BCUT2D eigenvalue weighted by Crippen LogP contribution is -2.22. The summed E-state index contributed by atoms with van der Waals surface area (Å²) in [4.78, 5) is 11.4. The second-order valence-electron chi connectivity index (χ2n) is 3.90. The van der Waals surface area contributed by atoms with Crippen LogP contribution in [0.15, 0.2) is 24.3 Å². The summed E-state index contributed by atoms with van der Waals surface area (Å²) in [6, 6.07) is 6.93. The average Bonchev–Trinajstić information content (AvgIpc) is 2.27. The van der Waals surface area contributed by atoms with Crippen LogP contribution >= 0.6 is 0 Å². The number of benzene rings is 1. The molecule has 0 saturated carbocycles. The molecule has 16 heavy (non-hydrogen) atoms. The van der Waals surface area contributed by atoms with Gasteiger partial charge >= 0.3 is 0 Å². The molecule has 88 valence electrons. The third-order valence-corrected chi connectivity index (χ3v) is 2.41. The Morgan fingerprint density at radius 1 is 1.38 bits per heavy atom. The first kappa shape index (κ1) is 12.6. The predicted molar refractivity (Wildman–Crippen MR) is 64.1 cm³/mol. The van der Waals surface area contributed by atoms with Gasteiger partial charge < -0.3 is 10.4 Å². The Bertz CT molecular complexity index is 336. The largest absolute Gasteiger partial charge is 0.508 e. The highest BCUT2D eigenvalue weighted by molar-refractivity contribution is 5.75. The quantitative estimate of drug-likeness (QED) is 0.725. The molecule has 1 aromatic carbocycles. The summed E-state index contributed by atoms with van der Waals surface area (Å²) >= 11 is 0. The Hall–Kier alpha value is -1.51. The SMILES string of the molecule is CCCCCC(=O)NCc1cccc(O)c1. The van der Waals surface area contributed by atoms with Gasteiger partial charge in [-0.05, 0) is 24.1 Å². The molecule has 0 atom stereocenters. The maximum Gasteiger partial charge on any atom is 0.220 e. The van der Waals surface area contributed by atoms with Gasteiger partial charge in [0.05, 0.1) is 0 Å². The standard InChI is InChI=1S/C13H19NO2/c1-2-3-4-8-13(16)14-10-11-6-5-7-12(15)9-11/h5-7,9,15H,2-4,8,10H2,1H3,(H,14,16). The average molecular weight is 221 g/mol. The Morgan fingerprint density at radius 2 is 2.19 bits per heavy atom. The van der Waals surface area contributed by atoms with E-state index < -0.39 is 0 Å². The van der Waals surface area contributed by atoms with Gasteiger partial charge in [-0.3, -0.25) is 4.79 Å². The third-order valence-electron chi connectivity index (χ3n) is 2.41. The molecule has 0 aliphatic heterocycles. The summed E-state index contributed by atoms with van der Waals surface area (Å²) in [7, 11) is 0. The smallest absolute Gasteiger partial charge is 0.220 e. The normalized spacial score (nSPS) is 10.1. The molecule has 1 rings (SSSR count). The maximum atomic E-state index is 11.4. The number of unbranched alkanes of at least 4 members (excludes halogenated alkanes) is 2. The Morgan fingerprint density at radius 3 is 2.88 bits per heavy atom. The van der Waals surface area contributed by atoms with Crippen molar-refractivity contribution in [2.45, 2.75) is 39.2 Å². The van der Waals surface area contributed by atoms with E-state index >= 15 is 0 Å². The number of rotatable bonds is 6. The van der Waals surface area contributed by atoms with E-state index in [1.807, 2.05) is 6.07 Å². The molecule has 3 heteroatoms. The van der Waals surface area contributed by atoms with E-state index in [1.54, 1.807) is 18.2 Å². The monoisotopic (exact) mass is 221 g/mol. The van der Waals surface area contributed by atoms with Crippen LogP contribution in [0, 0.1) is 0 Å². The fourth-order valence-electron chi connectivity index (χ4n) is 1.49. The van der Waals surface area contributed by atoms with Crippen LogP contribution in [0.5, 0.6) is 5.75 Å². The van der Waals surface area contributed by atoms with E-state index in [0.717, 1.165) is 24.8 Å². The van der Waals surface area contributed by atoms with Crippen molar-refractivity contribution < 1.29 is 9.90 Å². The van der Waals surface area contributed by atoms with Crippen molar-refractivity contribution in [2.24, 2.45) is 0 Å². The lowest BCUT2D eigenvalue weighted by atomic mass is 10.2. The number of amides is 1. The molecule has 0 unspecified atom stereocenters. The van der Waals surface area contributed by atoms with Crippen molar-refractivity contribution in [2.75, 3.05) is 0 Å². The minimum Gasteiger partial charge on any atom is -0.508 e. The number of aromatic hydroxyl groups is 1. The van der Waals surface area contributed by atoms with E-state index in [4.69, 9.17) is 0 Å². The van der Waals surface area contributed by atoms with E-state index in [2.05, 4.69) is 12.2 Å². The number of phenols is 1. The van der Waals surface area contributed by atoms with Gasteiger partial charge in [0.1, 0.15) is 5.75 Å². The number of hydrogen-bond donors (Lipinski definition) is 2. The molecule has 0 aliphatic carbocycles. The van der Waals surface area contributed by atoms with Crippen LogP contribution < -0.4 is 5.32 Å². The summed E-state index contributed by atoms with van der Waals surface area (Å²) < 4.78 is 0. The van der Waals surface area contributed by atoms with E-state index in [-0.39, 0.29) is 11.7 Å². The fourth-order valence-corrected chi connectivity index (χ4v) is 1.49. The Kier molecular flexibility index (Phi) is 5.40. The van der Waals surface area contributed by atoms with Crippen LogP contribution in [0.3, 0.4) is 0 Å². The highest BCUT2D eigenvalue weighted by Crippen LogP contribution is 2.10. The van der Waals surface area contributed by atoms with Gasteiger partial charge in [0, 0.05) is 13.0 Å². The second-order valence-corrected chi connectivity index (χ2v) is 3.90. The highest BCUT2D eigenvalue weighted by atomic mass is 16.3. The molecule has 1 aromatic rings. The molecular formula is C13H19NO2. The van der Waals surface area contributed by atoms with Crippen molar-refractivity contribution >= 4 is 5.91 Å². The van der Waals surface area contributed by atoms with E-state index in [0.29, 0.717) is 13.0 Å². The molecular weight excluding hydrogens is 202 g/mol. The summed E-state index contributed by atoms with van der Waals surface area (Å²) in [6.45, 7) is 2.60. The van der Waals surface area contributed by atoms with Crippen molar-refractivity contribution in [3.8, 4) is 5.75 Å². The molecule has 0 aromatic heterocycles. The highest BCUT2D eigenvalue weighted by Gasteiger charge is 2.01. The van der Waals surface area contributed by atoms with Crippen LogP contribution in [0.2, 0.25) is 0 Å². The topological polar surface area (TPSA) is 49.3 Å². The van der Waals surface area contributed by atoms with Gasteiger partial charge in [0.15, 0.2) is 0 Å². The molecule has 0 radical (unpaired) electrons. The summed E-state index contributed by atoms with van der Waals surface area (Å²) in [5.74, 6) is 0.314. The van der Waals surface area contributed by atoms with E-state index in [9.17, 15) is 9.90 Å². The van der Waals surface area contributed by atoms with Gasteiger partial charge in [-0.15, -0.1) is 0 Å².